The maximum Gasteiger partial charge on any atom is 0.262 e. The molecule has 0 spiro atoms. The van der Waals surface area contributed by atoms with Crippen molar-refractivity contribution in [2.45, 2.75) is 13.3 Å². The third kappa shape index (κ3) is 2.87. The minimum absolute atomic E-state index is 0.0379. The highest BCUT2D eigenvalue weighted by molar-refractivity contribution is 7.14. The summed E-state index contributed by atoms with van der Waals surface area (Å²) in [4.78, 5) is 27.1. The molecule has 1 aromatic heterocycles. The molecule has 21 heavy (non-hydrogen) atoms. The molecule has 0 atom stereocenters. The Kier molecular flexibility index (Phi) is 3.57. The zero-order chi connectivity index (χ0) is 14.8. The Morgan fingerprint density at radius 1 is 1.52 bits per heavy atom. The van der Waals surface area contributed by atoms with E-state index >= 15 is 0 Å². The van der Waals surface area contributed by atoms with E-state index in [0.717, 1.165) is 11.3 Å². The summed E-state index contributed by atoms with van der Waals surface area (Å²) in [5, 5.41) is 7.91. The molecule has 0 saturated heterocycles. The quantitative estimate of drug-likeness (QED) is 0.913. The van der Waals surface area contributed by atoms with Gasteiger partial charge in [0.2, 0.25) is 5.91 Å². The highest BCUT2D eigenvalue weighted by Gasteiger charge is 2.17. The van der Waals surface area contributed by atoms with E-state index in [2.05, 4.69) is 15.6 Å². The van der Waals surface area contributed by atoms with Crippen LogP contribution < -0.4 is 15.4 Å². The predicted molar refractivity (Wildman–Crippen MR) is 80.6 cm³/mol. The van der Waals surface area contributed by atoms with Gasteiger partial charge in [0.25, 0.3) is 5.91 Å². The van der Waals surface area contributed by atoms with Gasteiger partial charge < -0.3 is 15.4 Å². The van der Waals surface area contributed by atoms with Gasteiger partial charge in [-0.05, 0) is 18.2 Å². The van der Waals surface area contributed by atoms with E-state index in [1.54, 1.807) is 13.0 Å². The molecule has 0 bridgehead atoms. The van der Waals surface area contributed by atoms with Crippen molar-refractivity contribution < 1.29 is 14.3 Å². The number of thiazole rings is 1. The molecule has 2 aromatic rings. The van der Waals surface area contributed by atoms with Crippen LogP contribution in [0.25, 0.3) is 11.3 Å². The summed E-state index contributed by atoms with van der Waals surface area (Å²) < 4.78 is 5.31. The number of fused-ring (bicyclic) bond motifs is 1. The maximum atomic E-state index is 11.3. The Morgan fingerprint density at radius 3 is 3.19 bits per heavy atom. The van der Waals surface area contributed by atoms with Crippen LogP contribution in [-0.2, 0) is 9.59 Å². The molecule has 2 amide bonds. The van der Waals surface area contributed by atoms with E-state index < -0.39 is 0 Å². The van der Waals surface area contributed by atoms with Crippen molar-refractivity contribution in [3.05, 3.63) is 23.6 Å². The molecular formula is C14H13N3O3S. The molecule has 1 aromatic carbocycles. The van der Waals surface area contributed by atoms with Gasteiger partial charge in [0.15, 0.2) is 11.7 Å². The molecular weight excluding hydrogens is 290 g/mol. The SMILES string of the molecule is CCC(=O)Nc1nc(-c2ccc3c(c2)NC(=O)CO3)cs1. The molecule has 0 fully saturated rings. The molecule has 1 aliphatic heterocycles. The third-order valence-electron chi connectivity index (χ3n) is 2.98. The average molecular weight is 303 g/mol. The summed E-state index contributed by atoms with van der Waals surface area (Å²) in [6.45, 7) is 1.83. The number of benzene rings is 1. The minimum Gasteiger partial charge on any atom is -0.482 e. The van der Waals surface area contributed by atoms with Crippen LogP contribution in [0.3, 0.4) is 0 Å². The van der Waals surface area contributed by atoms with Crippen molar-refractivity contribution in [1.29, 1.82) is 0 Å². The largest absolute Gasteiger partial charge is 0.482 e. The van der Waals surface area contributed by atoms with Crippen molar-refractivity contribution in [2.75, 3.05) is 17.2 Å². The zero-order valence-corrected chi connectivity index (χ0v) is 12.1. The molecule has 108 valence electrons. The van der Waals surface area contributed by atoms with Crippen molar-refractivity contribution in [3.8, 4) is 17.0 Å². The van der Waals surface area contributed by atoms with Gasteiger partial charge in [0, 0.05) is 17.4 Å². The lowest BCUT2D eigenvalue weighted by molar-refractivity contribution is -0.118. The lowest BCUT2D eigenvalue weighted by Gasteiger charge is -2.18. The Bertz CT molecular complexity index is 711. The first-order valence-corrected chi connectivity index (χ1v) is 7.36. The van der Waals surface area contributed by atoms with Gasteiger partial charge in [-0.3, -0.25) is 9.59 Å². The Hall–Kier alpha value is -2.41. The maximum absolute atomic E-state index is 11.3. The fourth-order valence-electron chi connectivity index (χ4n) is 1.91. The lowest BCUT2D eigenvalue weighted by Crippen LogP contribution is -2.25. The molecule has 3 rings (SSSR count). The Balaban J connectivity index is 1.85. The number of anilines is 2. The second-order valence-corrected chi connectivity index (χ2v) is 5.35. The first-order valence-electron chi connectivity index (χ1n) is 6.48. The van der Waals surface area contributed by atoms with Gasteiger partial charge in [0.1, 0.15) is 5.75 Å². The van der Waals surface area contributed by atoms with E-state index in [4.69, 9.17) is 4.74 Å². The number of carbonyl (C=O) groups excluding carboxylic acids is 2. The fraction of sp³-hybridized carbons (Fsp3) is 0.214. The second kappa shape index (κ2) is 5.53. The number of aromatic nitrogens is 1. The summed E-state index contributed by atoms with van der Waals surface area (Å²) >= 11 is 1.36. The van der Waals surface area contributed by atoms with Crippen LogP contribution >= 0.6 is 11.3 Å². The van der Waals surface area contributed by atoms with Gasteiger partial charge in [-0.15, -0.1) is 11.3 Å². The summed E-state index contributed by atoms with van der Waals surface area (Å²) in [5.41, 5.74) is 2.23. The van der Waals surface area contributed by atoms with Gasteiger partial charge in [-0.2, -0.15) is 0 Å². The third-order valence-corrected chi connectivity index (χ3v) is 3.74. The van der Waals surface area contributed by atoms with Crippen LogP contribution in [0.5, 0.6) is 5.75 Å². The summed E-state index contributed by atoms with van der Waals surface area (Å²) in [6.07, 6.45) is 0.414. The molecule has 0 aliphatic carbocycles. The fourth-order valence-corrected chi connectivity index (χ4v) is 2.65. The molecule has 0 unspecified atom stereocenters. The molecule has 1 aliphatic rings. The van der Waals surface area contributed by atoms with Crippen molar-refractivity contribution in [1.82, 2.24) is 4.98 Å². The number of nitrogens with zero attached hydrogens (tertiary/aromatic N) is 1. The first kappa shape index (κ1) is 13.6. The van der Waals surface area contributed by atoms with Gasteiger partial charge in [-0.25, -0.2) is 4.98 Å². The Labute approximate surface area is 125 Å². The van der Waals surface area contributed by atoms with E-state index in [1.165, 1.54) is 11.3 Å². The Morgan fingerprint density at radius 2 is 2.38 bits per heavy atom. The zero-order valence-electron chi connectivity index (χ0n) is 11.3. The average Bonchev–Trinajstić information content (AvgIpc) is 2.94. The summed E-state index contributed by atoms with van der Waals surface area (Å²) in [7, 11) is 0. The van der Waals surface area contributed by atoms with Crippen LogP contribution in [0.15, 0.2) is 23.6 Å². The highest BCUT2D eigenvalue weighted by Crippen LogP contribution is 2.33. The normalized spacial score (nSPS) is 13.1. The molecule has 0 radical (unpaired) electrons. The van der Waals surface area contributed by atoms with E-state index in [1.807, 2.05) is 17.5 Å². The number of rotatable bonds is 3. The number of carbonyl (C=O) groups is 2. The smallest absolute Gasteiger partial charge is 0.262 e. The van der Waals surface area contributed by atoms with Crippen molar-refractivity contribution in [2.24, 2.45) is 0 Å². The van der Waals surface area contributed by atoms with Crippen LogP contribution in [0.1, 0.15) is 13.3 Å². The number of hydrogen-bond acceptors (Lipinski definition) is 5. The first-order chi connectivity index (χ1) is 10.2. The van der Waals surface area contributed by atoms with Gasteiger partial charge >= 0.3 is 0 Å². The molecule has 6 nitrogen and oxygen atoms in total. The number of nitrogens with one attached hydrogen (secondary N) is 2. The molecule has 7 heteroatoms. The van der Waals surface area contributed by atoms with Gasteiger partial charge in [0.05, 0.1) is 11.4 Å². The summed E-state index contributed by atoms with van der Waals surface area (Å²) in [5.74, 6) is 0.406. The lowest BCUT2D eigenvalue weighted by atomic mass is 10.1. The van der Waals surface area contributed by atoms with Crippen LogP contribution in [0, 0.1) is 0 Å². The highest BCUT2D eigenvalue weighted by atomic mass is 32.1. The van der Waals surface area contributed by atoms with E-state index in [0.29, 0.717) is 23.0 Å². The standard InChI is InChI=1S/C14H13N3O3S/c1-2-12(18)17-14-16-10(7-21-14)8-3-4-11-9(5-8)15-13(19)6-20-11/h3-5,7H,2,6H2,1H3,(H,15,19)(H,16,17,18). The van der Waals surface area contributed by atoms with Crippen LogP contribution in [0.4, 0.5) is 10.8 Å². The number of amides is 2. The van der Waals surface area contributed by atoms with E-state index in [9.17, 15) is 9.59 Å². The monoisotopic (exact) mass is 303 g/mol. The van der Waals surface area contributed by atoms with Crippen LogP contribution in [-0.4, -0.2) is 23.4 Å². The van der Waals surface area contributed by atoms with E-state index in [-0.39, 0.29) is 18.4 Å². The second-order valence-electron chi connectivity index (χ2n) is 4.49. The summed E-state index contributed by atoms with van der Waals surface area (Å²) in [6, 6.07) is 5.48. The molecule has 2 N–H and O–H groups in total. The van der Waals surface area contributed by atoms with Crippen molar-refractivity contribution >= 4 is 34.0 Å². The minimum atomic E-state index is -0.172. The molecule has 0 saturated carbocycles. The predicted octanol–water partition coefficient (Wildman–Crippen LogP) is 2.49. The topological polar surface area (TPSA) is 80.3 Å². The van der Waals surface area contributed by atoms with Crippen molar-refractivity contribution in [3.63, 3.8) is 0 Å². The van der Waals surface area contributed by atoms with Crippen LogP contribution in [0.2, 0.25) is 0 Å². The molecule has 2 heterocycles. The number of hydrogen-bond donors (Lipinski definition) is 2. The number of ether oxygens (including phenoxy) is 1. The van der Waals surface area contributed by atoms with Gasteiger partial charge in [-0.1, -0.05) is 6.92 Å².